The van der Waals surface area contributed by atoms with Gasteiger partial charge in [-0.3, -0.25) is 4.90 Å². The Morgan fingerprint density at radius 3 is 2.15 bits per heavy atom. The summed E-state index contributed by atoms with van der Waals surface area (Å²) in [5.41, 5.74) is 1.70. The second-order valence-electron chi connectivity index (χ2n) is 6.87. The summed E-state index contributed by atoms with van der Waals surface area (Å²) in [4.78, 5) is 5.09. The summed E-state index contributed by atoms with van der Waals surface area (Å²) in [6, 6.07) is 10.7. The predicted molar refractivity (Wildman–Crippen MR) is 91.9 cm³/mol. The van der Waals surface area contributed by atoms with E-state index >= 15 is 0 Å². The second kappa shape index (κ2) is 6.86. The van der Waals surface area contributed by atoms with Crippen molar-refractivity contribution in [3.05, 3.63) is 30.3 Å². The third kappa shape index (κ3) is 4.16. The molecule has 1 aliphatic heterocycles. The number of anilines is 1. The Balaban J connectivity index is 1.85. The molecule has 0 bridgehead atoms. The smallest absolute Gasteiger partial charge is 0.0367 e. The van der Waals surface area contributed by atoms with Crippen molar-refractivity contribution in [2.45, 2.75) is 20.8 Å². The van der Waals surface area contributed by atoms with E-state index in [1.54, 1.807) is 0 Å². The SMILES string of the molecule is CC(C)(C)C(CS)CN1CCN(c2ccccc2)CC1. The zero-order valence-electron chi connectivity index (χ0n) is 13.0. The molecule has 1 aromatic carbocycles. The minimum Gasteiger partial charge on any atom is -0.369 e. The summed E-state index contributed by atoms with van der Waals surface area (Å²) in [5, 5.41) is 0. The van der Waals surface area contributed by atoms with Crippen molar-refractivity contribution in [3.63, 3.8) is 0 Å². The summed E-state index contributed by atoms with van der Waals surface area (Å²) in [6.45, 7) is 12.7. The molecule has 1 heterocycles. The third-order valence-electron chi connectivity index (χ3n) is 4.42. The lowest BCUT2D eigenvalue weighted by atomic mass is 9.81. The maximum absolute atomic E-state index is 4.55. The van der Waals surface area contributed by atoms with Crippen molar-refractivity contribution < 1.29 is 0 Å². The number of thiol groups is 1. The number of hydrogen-bond donors (Lipinski definition) is 1. The van der Waals surface area contributed by atoms with Crippen molar-refractivity contribution in [2.75, 3.05) is 43.4 Å². The van der Waals surface area contributed by atoms with Gasteiger partial charge in [-0.2, -0.15) is 12.6 Å². The van der Waals surface area contributed by atoms with Gasteiger partial charge in [0.25, 0.3) is 0 Å². The molecule has 0 spiro atoms. The molecule has 1 atom stereocenters. The number of piperazine rings is 1. The molecular weight excluding hydrogens is 264 g/mol. The highest BCUT2D eigenvalue weighted by molar-refractivity contribution is 7.80. The van der Waals surface area contributed by atoms with Crippen LogP contribution in [-0.2, 0) is 0 Å². The fraction of sp³-hybridized carbons (Fsp3) is 0.647. The summed E-state index contributed by atoms with van der Waals surface area (Å²) in [6.07, 6.45) is 0. The standard InChI is InChI=1S/C17H28N2S/c1-17(2,3)15(14-20)13-18-9-11-19(12-10-18)16-7-5-4-6-8-16/h4-8,15,20H,9-14H2,1-3H3. The second-order valence-corrected chi connectivity index (χ2v) is 7.23. The van der Waals surface area contributed by atoms with Crippen LogP contribution in [0.5, 0.6) is 0 Å². The first-order valence-electron chi connectivity index (χ1n) is 7.64. The molecule has 2 rings (SSSR count). The van der Waals surface area contributed by atoms with E-state index in [0.29, 0.717) is 11.3 Å². The predicted octanol–water partition coefficient (Wildman–Crippen LogP) is 3.40. The Morgan fingerprint density at radius 1 is 1.05 bits per heavy atom. The minimum atomic E-state index is 0.346. The molecule has 0 N–H and O–H groups in total. The molecule has 0 aliphatic carbocycles. The zero-order valence-corrected chi connectivity index (χ0v) is 13.9. The van der Waals surface area contributed by atoms with E-state index < -0.39 is 0 Å². The molecule has 1 saturated heterocycles. The van der Waals surface area contributed by atoms with E-state index in [1.165, 1.54) is 12.2 Å². The maximum Gasteiger partial charge on any atom is 0.0367 e. The first-order valence-corrected chi connectivity index (χ1v) is 8.27. The Labute approximate surface area is 129 Å². The molecular formula is C17H28N2S. The highest BCUT2D eigenvalue weighted by Crippen LogP contribution is 2.28. The lowest BCUT2D eigenvalue weighted by Gasteiger charge is -2.40. The normalized spacial score (nSPS) is 19.1. The number of para-hydroxylation sites is 1. The summed E-state index contributed by atoms with van der Waals surface area (Å²) in [5.74, 6) is 1.64. The number of hydrogen-bond acceptors (Lipinski definition) is 3. The van der Waals surface area contributed by atoms with Gasteiger partial charge in [0, 0.05) is 38.4 Å². The topological polar surface area (TPSA) is 6.48 Å². The van der Waals surface area contributed by atoms with E-state index in [2.05, 4.69) is 73.5 Å². The first kappa shape index (κ1) is 15.7. The van der Waals surface area contributed by atoms with Gasteiger partial charge < -0.3 is 4.90 Å². The van der Waals surface area contributed by atoms with E-state index in [-0.39, 0.29) is 0 Å². The summed E-state index contributed by atoms with van der Waals surface area (Å²) >= 11 is 4.55. The van der Waals surface area contributed by atoms with E-state index in [4.69, 9.17) is 0 Å². The van der Waals surface area contributed by atoms with Gasteiger partial charge in [0.1, 0.15) is 0 Å². The van der Waals surface area contributed by atoms with Gasteiger partial charge >= 0.3 is 0 Å². The van der Waals surface area contributed by atoms with E-state index in [0.717, 1.165) is 31.9 Å². The monoisotopic (exact) mass is 292 g/mol. The largest absolute Gasteiger partial charge is 0.369 e. The van der Waals surface area contributed by atoms with Gasteiger partial charge in [-0.15, -0.1) is 0 Å². The lowest BCUT2D eigenvalue weighted by Crippen LogP contribution is -2.49. The Kier molecular flexibility index (Phi) is 5.39. The molecule has 1 fully saturated rings. The average Bonchev–Trinajstić information content (AvgIpc) is 2.45. The van der Waals surface area contributed by atoms with Gasteiger partial charge in [0.2, 0.25) is 0 Å². The molecule has 2 nitrogen and oxygen atoms in total. The van der Waals surface area contributed by atoms with E-state index in [9.17, 15) is 0 Å². The fourth-order valence-corrected chi connectivity index (χ4v) is 3.41. The molecule has 1 aromatic rings. The molecule has 1 unspecified atom stereocenters. The van der Waals surface area contributed by atoms with Gasteiger partial charge in [-0.1, -0.05) is 39.0 Å². The Morgan fingerprint density at radius 2 is 1.65 bits per heavy atom. The summed E-state index contributed by atoms with van der Waals surface area (Å²) in [7, 11) is 0. The molecule has 1 aliphatic rings. The van der Waals surface area contributed by atoms with Crippen LogP contribution in [0, 0.1) is 11.3 Å². The molecule has 3 heteroatoms. The van der Waals surface area contributed by atoms with Crippen LogP contribution in [0.2, 0.25) is 0 Å². The van der Waals surface area contributed by atoms with Crippen LogP contribution in [0.4, 0.5) is 5.69 Å². The van der Waals surface area contributed by atoms with Gasteiger partial charge in [-0.25, -0.2) is 0 Å². The average molecular weight is 292 g/mol. The molecule has 20 heavy (non-hydrogen) atoms. The quantitative estimate of drug-likeness (QED) is 0.850. The first-order chi connectivity index (χ1) is 9.50. The van der Waals surface area contributed by atoms with Crippen molar-refractivity contribution in [3.8, 4) is 0 Å². The Bertz CT molecular complexity index is 391. The van der Waals surface area contributed by atoms with Crippen molar-refractivity contribution >= 4 is 18.3 Å². The van der Waals surface area contributed by atoms with Gasteiger partial charge in [0.15, 0.2) is 0 Å². The minimum absolute atomic E-state index is 0.346. The number of benzene rings is 1. The van der Waals surface area contributed by atoms with Gasteiger partial charge in [-0.05, 0) is 29.2 Å². The van der Waals surface area contributed by atoms with Crippen molar-refractivity contribution in [1.29, 1.82) is 0 Å². The van der Waals surface area contributed by atoms with Crippen molar-refractivity contribution in [1.82, 2.24) is 4.90 Å². The molecule has 0 saturated carbocycles. The van der Waals surface area contributed by atoms with Gasteiger partial charge in [0.05, 0.1) is 0 Å². The van der Waals surface area contributed by atoms with Crippen LogP contribution in [0.1, 0.15) is 20.8 Å². The molecule has 0 amide bonds. The van der Waals surface area contributed by atoms with Crippen molar-refractivity contribution in [2.24, 2.45) is 11.3 Å². The summed E-state index contributed by atoms with van der Waals surface area (Å²) < 4.78 is 0. The van der Waals surface area contributed by atoms with Crippen LogP contribution in [0.15, 0.2) is 30.3 Å². The van der Waals surface area contributed by atoms with Crippen LogP contribution in [0.25, 0.3) is 0 Å². The lowest BCUT2D eigenvalue weighted by molar-refractivity contribution is 0.159. The fourth-order valence-electron chi connectivity index (χ4n) is 2.74. The number of rotatable bonds is 4. The molecule has 112 valence electrons. The maximum atomic E-state index is 4.55. The molecule has 0 aromatic heterocycles. The highest BCUT2D eigenvalue weighted by Gasteiger charge is 2.27. The number of nitrogens with zero attached hydrogens (tertiary/aromatic N) is 2. The third-order valence-corrected chi connectivity index (χ3v) is 4.86. The zero-order chi connectivity index (χ0) is 14.6. The Hall–Kier alpha value is -0.670. The van der Waals surface area contributed by atoms with E-state index in [1.807, 2.05) is 0 Å². The van der Waals surface area contributed by atoms with Crippen LogP contribution in [-0.4, -0.2) is 43.4 Å². The van der Waals surface area contributed by atoms with Crippen LogP contribution in [0.3, 0.4) is 0 Å². The van der Waals surface area contributed by atoms with Crippen LogP contribution >= 0.6 is 12.6 Å². The highest BCUT2D eigenvalue weighted by atomic mass is 32.1. The molecule has 0 radical (unpaired) electrons. The van der Waals surface area contributed by atoms with Crippen LogP contribution < -0.4 is 4.90 Å².